The zero-order valence-electron chi connectivity index (χ0n) is 9.98. The summed E-state index contributed by atoms with van der Waals surface area (Å²) in [5, 5.41) is 3.99. The third kappa shape index (κ3) is 3.14. The molecule has 0 aliphatic heterocycles. The van der Waals surface area contributed by atoms with Gasteiger partial charge in [-0.25, -0.2) is 5.48 Å². The van der Waals surface area contributed by atoms with E-state index in [2.05, 4.69) is 15.6 Å². The predicted molar refractivity (Wildman–Crippen MR) is 64.1 cm³/mol. The molecule has 0 aromatic carbocycles. The van der Waals surface area contributed by atoms with E-state index in [9.17, 15) is 4.79 Å². The van der Waals surface area contributed by atoms with Gasteiger partial charge in [-0.3, -0.25) is 19.3 Å². The van der Waals surface area contributed by atoms with Gasteiger partial charge < -0.3 is 0 Å². The molecule has 2 rings (SSSR count). The molecule has 0 aliphatic rings. The first-order valence-electron chi connectivity index (χ1n) is 5.57. The van der Waals surface area contributed by atoms with E-state index in [1.165, 1.54) is 0 Å². The fourth-order valence-corrected chi connectivity index (χ4v) is 1.39. The van der Waals surface area contributed by atoms with Gasteiger partial charge in [0.1, 0.15) is 12.6 Å². The van der Waals surface area contributed by atoms with Gasteiger partial charge in [0, 0.05) is 24.8 Å². The van der Waals surface area contributed by atoms with Crippen LogP contribution >= 0.6 is 0 Å². The first-order chi connectivity index (χ1) is 8.77. The standard InChI is InChI=1S/C12H14N4O2/c1-10(16-7-3-6-14-16)12(17)15-18-9-11-4-2-5-13-8-11/h2-8,10H,9H2,1H3,(H,15,17). The van der Waals surface area contributed by atoms with Crippen LogP contribution < -0.4 is 5.48 Å². The predicted octanol–water partition coefficient (Wildman–Crippen LogP) is 1.09. The number of pyridine rings is 1. The van der Waals surface area contributed by atoms with Gasteiger partial charge in [0.15, 0.2) is 0 Å². The lowest BCUT2D eigenvalue weighted by Gasteiger charge is -2.12. The van der Waals surface area contributed by atoms with E-state index in [-0.39, 0.29) is 12.5 Å². The number of nitrogens with one attached hydrogen (secondary N) is 1. The van der Waals surface area contributed by atoms with E-state index in [1.807, 2.05) is 12.1 Å². The molecule has 0 fully saturated rings. The van der Waals surface area contributed by atoms with Crippen LogP contribution in [0.2, 0.25) is 0 Å². The molecule has 1 unspecified atom stereocenters. The van der Waals surface area contributed by atoms with Gasteiger partial charge in [0.25, 0.3) is 5.91 Å². The SMILES string of the molecule is CC(C(=O)NOCc1cccnc1)n1cccn1. The average molecular weight is 246 g/mol. The van der Waals surface area contributed by atoms with Gasteiger partial charge in [-0.05, 0) is 24.6 Å². The number of amides is 1. The third-order valence-electron chi connectivity index (χ3n) is 2.44. The largest absolute Gasteiger partial charge is 0.270 e. The van der Waals surface area contributed by atoms with E-state index >= 15 is 0 Å². The maximum absolute atomic E-state index is 11.7. The summed E-state index contributed by atoms with van der Waals surface area (Å²) in [6, 6.07) is 5.04. The Kier molecular flexibility index (Phi) is 4.03. The second-order valence-corrected chi connectivity index (χ2v) is 3.78. The molecule has 0 saturated carbocycles. The fourth-order valence-electron chi connectivity index (χ4n) is 1.39. The van der Waals surface area contributed by atoms with Gasteiger partial charge in [0.05, 0.1) is 0 Å². The molecular formula is C12H14N4O2. The molecule has 1 atom stereocenters. The van der Waals surface area contributed by atoms with Crippen LogP contribution in [0.3, 0.4) is 0 Å². The molecule has 1 N–H and O–H groups in total. The smallest absolute Gasteiger partial charge is 0.268 e. The van der Waals surface area contributed by atoms with Gasteiger partial charge in [-0.1, -0.05) is 6.07 Å². The Morgan fingerprint density at radius 2 is 2.39 bits per heavy atom. The molecular weight excluding hydrogens is 232 g/mol. The molecule has 94 valence electrons. The van der Waals surface area contributed by atoms with Crippen molar-refractivity contribution in [1.82, 2.24) is 20.2 Å². The summed E-state index contributed by atoms with van der Waals surface area (Å²) in [4.78, 5) is 20.8. The van der Waals surface area contributed by atoms with E-state index in [1.54, 1.807) is 42.5 Å². The van der Waals surface area contributed by atoms with Crippen molar-refractivity contribution in [2.75, 3.05) is 0 Å². The molecule has 0 saturated heterocycles. The van der Waals surface area contributed by atoms with Crippen LogP contribution in [0.25, 0.3) is 0 Å². The second-order valence-electron chi connectivity index (χ2n) is 3.78. The normalized spacial score (nSPS) is 12.1. The molecule has 2 heterocycles. The van der Waals surface area contributed by atoms with Crippen molar-refractivity contribution < 1.29 is 9.63 Å². The summed E-state index contributed by atoms with van der Waals surface area (Å²) >= 11 is 0. The highest BCUT2D eigenvalue weighted by molar-refractivity contribution is 5.78. The lowest BCUT2D eigenvalue weighted by molar-refractivity contribution is -0.137. The van der Waals surface area contributed by atoms with Crippen molar-refractivity contribution >= 4 is 5.91 Å². The highest BCUT2D eigenvalue weighted by Gasteiger charge is 2.14. The number of aromatic nitrogens is 3. The number of nitrogens with zero attached hydrogens (tertiary/aromatic N) is 3. The number of carbonyl (C=O) groups is 1. The van der Waals surface area contributed by atoms with Crippen molar-refractivity contribution in [3.05, 3.63) is 48.5 Å². The summed E-state index contributed by atoms with van der Waals surface area (Å²) in [7, 11) is 0. The number of hydrogen-bond acceptors (Lipinski definition) is 4. The second kappa shape index (κ2) is 5.92. The van der Waals surface area contributed by atoms with Crippen LogP contribution in [0.15, 0.2) is 43.0 Å². The Morgan fingerprint density at radius 3 is 3.06 bits per heavy atom. The van der Waals surface area contributed by atoms with Crippen LogP contribution in [0.5, 0.6) is 0 Å². The molecule has 0 bridgehead atoms. The molecule has 0 radical (unpaired) electrons. The first-order valence-corrected chi connectivity index (χ1v) is 5.57. The average Bonchev–Trinajstić information content (AvgIpc) is 2.93. The zero-order chi connectivity index (χ0) is 12.8. The minimum Gasteiger partial charge on any atom is -0.270 e. The summed E-state index contributed by atoms with van der Waals surface area (Å²) < 4.78 is 1.56. The molecule has 2 aromatic rings. The Bertz CT molecular complexity index is 484. The third-order valence-corrected chi connectivity index (χ3v) is 2.44. The minimum absolute atomic E-state index is 0.248. The molecule has 0 aliphatic carbocycles. The molecule has 18 heavy (non-hydrogen) atoms. The van der Waals surface area contributed by atoms with Gasteiger partial charge >= 0.3 is 0 Å². The van der Waals surface area contributed by atoms with Gasteiger partial charge in [-0.15, -0.1) is 0 Å². The lowest BCUT2D eigenvalue weighted by atomic mass is 10.3. The number of rotatable bonds is 5. The maximum Gasteiger partial charge on any atom is 0.268 e. The van der Waals surface area contributed by atoms with Crippen molar-refractivity contribution in [1.29, 1.82) is 0 Å². The van der Waals surface area contributed by atoms with Crippen LogP contribution in [0, 0.1) is 0 Å². The number of hydroxylamine groups is 1. The molecule has 6 heteroatoms. The van der Waals surface area contributed by atoms with E-state index in [0.717, 1.165) is 5.56 Å². The van der Waals surface area contributed by atoms with Crippen molar-refractivity contribution in [3.8, 4) is 0 Å². The fraction of sp³-hybridized carbons (Fsp3) is 0.250. The van der Waals surface area contributed by atoms with Crippen LogP contribution in [-0.4, -0.2) is 20.7 Å². The van der Waals surface area contributed by atoms with Crippen molar-refractivity contribution in [2.45, 2.75) is 19.6 Å². The van der Waals surface area contributed by atoms with Crippen molar-refractivity contribution in [3.63, 3.8) is 0 Å². The van der Waals surface area contributed by atoms with Crippen LogP contribution in [0.1, 0.15) is 18.5 Å². The maximum atomic E-state index is 11.7. The first kappa shape index (κ1) is 12.3. The summed E-state index contributed by atoms with van der Waals surface area (Å²) in [5.41, 5.74) is 3.28. The Morgan fingerprint density at radius 1 is 1.50 bits per heavy atom. The highest BCUT2D eigenvalue weighted by Crippen LogP contribution is 2.03. The van der Waals surface area contributed by atoms with E-state index in [4.69, 9.17) is 4.84 Å². The Hall–Kier alpha value is -2.21. The molecule has 2 aromatic heterocycles. The summed E-state index contributed by atoms with van der Waals surface area (Å²) in [5.74, 6) is -0.248. The quantitative estimate of drug-likeness (QED) is 0.802. The van der Waals surface area contributed by atoms with Crippen LogP contribution in [0.4, 0.5) is 0 Å². The lowest BCUT2D eigenvalue weighted by Crippen LogP contribution is -2.31. The topological polar surface area (TPSA) is 69.0 Å². The molecule has 0 spiro atoms. The van der Waals surface area contributed by atoms with E-state index < -0.39 is 6.04 Å². The zero-order valence-corrected chi connectivity index (χ0v) is 9.98. The Balaban J connectivity index is 1.79. The Labute approximate surface area is 105 Å². The number of hydrogen-bond donors (Lipinski definition) is 1. The molecule has 6 nitrogen and oxygen atoms in total. The van der Waals surface area contributed by atoms with Gasteiger partial charge in [0.2, 0.25) is 0 Å². The number of carbonyl (C=O) groups excluding carboxylic acids is 1. The van der Waals surface area contributed by atoms with Crippen LogP contribution in [-0.2, 0) is 16.2 Å². The molecule has 1 amide bonds. The van der Waals surface area contributed by atoms with Crippen molar-refractivity contribution in [2.24, 2.45) is 0 Å². The minimum atomic E-state index is -0.408. The van der Waals surface area contributed by atoms with E-state index in [0.29, 0.717) is 0 Å². The summed E-state index contributed by atoms with van der Waals surface area (Å²) in [6.07, 6.45) is 6.72. The highest BCUT2D eigenvalue weighted by atomic mass is 16.6. The monoisotopic (exact) mass is 246 g/mol. The summed E-state index contributed by atoms with van der Waals surface area (Å²) in [6.45, 7) is 2.03. The van der Waals surface area contributed by atoms with Gasteiger partial charge in [-0.2, -0.15) is 5.10 Å².